The molecular weight excluding hydrogens is 418 g/mol. The van der Waals surface area contributed by atoms with Crippen LogP contribution in [0.2, 0.25) is 0 Å². The Kier molecular flexibility index (Phi) is 3.80. The van der Waals surface area contributed by atoms with Crippen LogP contribution in [-0.2, 0) is 30.4 Å². The van der Waals surface area contributed by atoms with Gasteiger partial charge in [0.25, 0.3) is 0 Å². The number of fused-ring (bicyclic) bond motifs is 8. The highest BCUT2D eigenvalue weighted by Crippen LogP contribution is 2.60. The molecule has 4 heterocycles. The third-order valence-electron chi connectivity index (χ3n) is 6.82. The van der Waals surface area contributed by atoms with E-state index >= 15 is 0 Å². The van der Waals surface area contributed by atoms with Crippen molar-refractivity contribution in [1.82, 2.24) is 4.90 Å². The van der Waals surface area contributed by atoms with Gasteiger partial charge in [0.1, 0.15) is 5.92 Å². The number of carbonyl (C=O) groups excluding carboxylic acids is 4. The van der Waals surface area contributed by atoms with Gasteiger partial charge in [-0.15, -0.1) is 0 Å². The van der Waals surface area contributed by atoms with Gasteiger partial charge in [-0.05, 0) is 23.3 Å². The molecular formula is C23H17NO8. The van der Waals surface area contributed by atoms with E-state index in [0.29, 0.717) is 22.6 Å². The van der Waals surface area contributed by atoms with Gasteiger partial charge >= 0.3 is 17.9 Å². The van der Waals surface area contributed by atoms with Crippen LogP contribution in [0.5, 0.6) is 11.5 Å². The average molecular weight is 435 g/mol. The molecule has 4 aliphatic rings. The summed E-state index contributed by atoms with van der Waals surface area (Å²) < 4.78 is 20.8. The first-order valence-electron chi connectivity index (χ1n) is 10.1. The fourth-order valence-corrected chi connectivity index (χ4v) is 5.60. The summed E-state index contributed by atoms with van der Waals surface area (Å²) in [5.74, 6) is -4.24. The fraction of sp³-hybridized carbons (Fsp3) is 0.304. The fourth-order valence-electron chi connectivity index (χ4n) is 5.60. The van der Waals surface area contributed by atoms with Gasteiger partial charge in [-0.1, -0.05) is 30.3 Å². The summed E-state index contributed by atoms with van der Waals surface area (Å²) in [6.45, 7) is 0.206. The van der Waals surface area contributed by atoms with Crippen molar-refractivity contribution in [3.63, 3.8) is 0 Å². The number of Topliss-reactive ketones (excluding diaryl/α,β-unsaturated/α-hetero) is 1. The Morgan fingerprint density at radius 1 is 1.09 bits per heavy atom. The monoisotopic (exact) mass is 435 g/mol. The minimum absolute atomic E-state index is 0.101. The number of benzene rings is 2. The maximum atomic E-state index is 13.9. The predicted octanol–water partition coefficient (Wildman–Crippen LogP) is 1.40. The molecule has 162 valence electrons. The van der Waals surface area contributed by atoms with E-state index in [2.05, 4.69) is 0 Å². The van der Waals surface area contributed by atoms with Gasteiger partial charge < -0.3 is 18.9 Å². The van der Waals surface area contributed by atoms with Gasteiger partial charge in [0.15, 0.2) is 22.8 Å². The van der Waals surface area contributed by atoms with Crippen molar-refractivity contribution in [1.29, 1.82) is 0 Å². The van der Waals surface area contributed by atoms with Crippen LogP contribution in [0.15, 0.2) is 42.5 Å². The maximum absolute atomic E-state index is 13.9. The molecule has 2 saturated heterocycles. The molecule has 0 aliphatic carbocycles. The van der Waals surface area contributed by atoms with E-state index in [1.165, 1.54) is 0 Å². The second-order valence-electron chi connectivity index (χ2n) is 8.18. The van der Waals surface area contributed by atoms with Gasteiger partial charge in [-0.2, -0.15) is 0 Å². The van der Waals surface area contributed by atoms with Gasteiger partial charge in [0.05, 0.1) is 19.1 Å². The number of methoxy groups -OCH3 is 1. The number of ether oxygens (including phenoxy) is 4. The lowest BCUT2D eigenvalue weighted by molar-refractivity contribution is -0.164. The van der Waals surface area contributed by atoms with Crippen molar-refractivity contribution in [2.75, 3.05) is 13.9 Å². The van der Waals surface area contributed by atoms with Crippen LogP contribution < -0.4 is 9.47 Å². The Morgan fingerprint density at radius 2 is 1.88 bits per heavy atom. The van der Waals surface area contributed by atoms with Crippen molar-refractivity contribution in [2.24, 2.45) is 11.8 Å². The summed E-state index contributed by atoms with van der Waals surface area (Å²) in [6, 6.07) is 11.4. The lowest BCUT2D eigenvalue weighted by Crippen LogP contribution is -2.63. The van der Waals surface area contributed by atoms with E-state index in [-0.39, 0.29) is 13.3 Å². The molecule has 9 heteroatoms. The lowest BCUT2D eigenvalue weighted by Gasteiger charge is -2.43. The molecule has 0 saturated carbocycles. The van der Waals surface area contributed by atoms with Crippen LogP contribution >= 0.6 is 0 Å². The molecule has 0 radical (unpaired) electrons. The Labute approximate surface area is 181 Å². The Bertz CT molecular complexity index is 1220. The van der Waals surface area contributed by atoms with Crippen LogP contribution in [0.4, 0.5) is 0 Å². The number of hydrogen-bond donors (Lipinski definition) is 0. The van der Waals surface area contributed by atoms with Crippen molar-refractivity contribution in [2.45, 2.75) is 18.1 Å². The number of hydrogen-bond acceptors (Lipinski definition) is 9. The topological polar surface area (TPSA) is 108 Å². The standard InChI is InChI=1S/C23H17NO8/c1-29-22(28)23-17-16(20(26)32-21(17)27)18(12-4-2-3-5-13(12)19(23)25)24(23)9-11-6-7-14-15(8-11)31-10-30-14/h2-8,16-18H,9-10H2,1H3/t16-,17-,18-,23-/m0/s1. The average Bonchev–Trinajstić information content (AvgIpc) is 3.44. The Morgan fingerprint density at radius 3 is 2.69 bits per heavy atom. The second-order valence-corrected chi connectivity index (χ2v) is 8.18. The minimum Gasteiger partial charge on any atom is -0.467 e. The lowest BCUT2D eigenvalue weighted by atomic mass is 9.76. The molecule has 9 nitrogen and oxygen atoms in total. The summed E-state index contributed by atoms with van der Waals surface area (Å²) in [4.78, 5) is 54.4. The van der Waals surface area contributed by atoms with E-state index in [9.17, 15) is 19.2 Å². The summed E-state index contributed by atoms with van der Waals surface area (Å²) in [6.07, 6.45) is 0. The van der Waals surface area contributed by atoms with E-state index in [0.717, 1.165) is 12.7 Å². The number of cyclic esters (lactones) is 2. The molecule has 4 aliphatic heterocycles. The van der Waals surface area contributed by atoms with Crippen molar-refractivity contribution < 1.29 is 38.1 Å². The number of carbonyl (C=O) groups is 4. The molecule has 0 unspecified atom stereocenters. The maximum Gasteiger partial charge on any atom is 0.335 e. The molecule has 0 amide bonds. The molecule has 4 atom stereocenters. The van der Waals surface area contributed by atoms with E-state index in [1.807, 2.05) is 0 Å². The number of nitrogens with zero attached hydrogens (tertiary/aromatic N) is 1. The Hall–Kier alpha value is -3.72. The Balaban J connectivity index is 1.57. The van der Waals surface area contributed by atoms with Crippen molar-refractivity contribution in [3.8, 4) is 11.5 Å². The molecule has 32 heavy (non-hydrogen) atoms. The van der Waals surface area contributed by atoms with Gasteiger partial charge in [0, 0.05) is 12.1 Å². The minimum atomic E-state index is -2.00. The van der Waals surface area contributed by atoms with Crippen LogP contribution in [0.1, 0.15) is 27.5 Å². The molecule has 2 aromatic rings. The summed E-state index contributed by atoms with van der Waals surface area (Å²) >= 11 is 0. The number of rotatable bonds is 3. The zero-order valence-corrected chi connectivity index (χ0v) is 16.9. The highest BCUT2D eigenvalue weighted by atomic mass is 16.7. The number of ketones is 1. The number of esters is 3. The zero-order chi connectivity index (χ0) is 22.2. The van der Waals surface area contributed by atoms with E-state index in [4.69, 9.17) is 18.9 Å². The summed E-state index contributed by atoms with van der Waals surface area (Å²) in [7, 11) is 1.16. The molecule has 2 bridgehead atoms. The van der Waals surface area contributed by atoms with E-state index in [1.54, 1.807) is 47.4 Å². The molecule has 0 spiro atoms. The van der Waals surface area contributed by atoms with Gasteiger partial charge in [0.2, 0.25) is 6.79 Å². The van der Waals surface area contributed by atoms with Gasteiger partial charge in [-0.25, -0.2) is 4.79 Å². The first-order chi connectivity index (χ1) is 15.5. The van der Waals surface area contributed by atoms with Crippen molar-refractivity contribution >= 4 is 23.7 Å². The van der Waals surface area contributed by atoms with Crippen LogP contribution in [0.3, 0.4) is 0 Å². The summed E-state index contributed by atoms with van der Waals surface area (Å²) in [5.41, 5.74) is -0.393. The normalized spacial score (nSPS) is 29.5. The summed E-state index contributed by atoms with van der Waals surface area (Å²) in [5, 5.41) is 0. The zero-order valence-electron chi connectivity index (χ0n) is 16.9. The highest BCUT2D eigenvalue weighted by molar-refractivity contribution is 6.23. The predicted molar refractivity (Wildman–Crippen MR) is 104 cm³/mol. The van der Waals surface area contributed by atoms with Crippen molar-refractivity contribution in [3.05, 3.63) is 59.2 Å². The third kappa shape index (κ3) is 2.16. The molecule has 0 N–H and O–H groups in total. The smallest absolute Gasteiger partial charge is 0.335 e. The molecule has 0 aromatic heterocycles. The first-order valence-corrected chi connectivity index (χ1v) is 10.1. The van der Waals surface area contributed by atoms with Crippen LogP contribution in [0.25, 0.3) is 0 Å². The quantitative estimate of drug-likeness (QED) is 0.522. The molecule has 2 fully saturated rings. The highest BCUT2D eigenvalue weighted by Gasteiger charge is 2.77. The van der Waals surface area contributed by atoms with Gasteiger partial charge in [-0.3, -0.25) is 19.3 Å². The third-order valence-corrected chi connectivity index (χ3v) is 6.82. The molecule has 6 rings (SSSR count). The first kappa shape index (κ1) is 19.0. The van der Waals surface area contributed by atoms with Crippen LogP contribution in [-0.4, -0.2) is 48.0 Å². The molecule has 2 aromatic carbocycles. The van der Waals surface area contributed by atoms with E-state index < -0.39 is 47.1 Å². The van der Waals surface area contributed by atoms with Crippen LogP contribution in [0, 0.1) is 11.8 Å². The largest absolute Gasteiger partial charge is 0.467 e. The second kappa shape index (κ2) is 6.39. The SMILES string of the molecule is COC(=O)[C@@]12C(=O)c3ccccc3[C@@H]([C@H]3C(=O)OC(=O)[C@H]31)N2Cc1ccc2c(c1)OCO2.